The van der Waals surface area contributed by atoms with Gasteiger partial charge in [-0.05, 0) is 29.8 Å². The zero-order valence-electron chi connectivity index (χ0n) is 12.0. The van der Waals surface area contributed by atoms with Crippen LogP contribution < -0.4 is 10.6 Å². The third-order valence-corrected chi connectivity index (χ3v) is 3.05. The van der Waals surface area contributed by atoms with E-state index in [9.17, 15) is 14.0 Å². The van der Waals surface area contributed by atoms with E-state index < -0.39 is 0 Å². The van der Waals surface area contributed by atoms with Gasteiger partial charge in [0.05, 0.1) is 6.42 Å². The fraction of sp³-hybridized carbons (Fsp3) is 0.176. The molecule has 2 rings (SSSR count). The Morgan fingerprint density at radius 1 is 0.864 bits per heavy atom. The molecular weight excluding hydrogens is 283 g/mol. The first-order valence-corrected chi connectivity index (χ1v) is 6.99. The molecule has 0 spiro atoms. The molecule has 0 unspecified atom stereocenters. The lowest BCUT2D eigenvalue weighted by Gasteiger charge is -2.07. The molecule has 2 aromatic carbocycles. The number of carbonyl (C=O) groups excluding carboxylic acids is 2. The zero-order chi connectivity index (χ0) is 15.8. The van der Waals surface area contributed by atoms with Gasteiger partial charge in [0.25, 0.3) is 5.91 Å². The van der Waals surface area contributed by atoms with E-state index in [1.54, 1.807) is 36.4 Å². The quantitative estimate of drug-likeness (QED) is 0.801. The summed E-state index contributed by atoms with van der Waals surface area (Å²) >= 11 is 0. The van der Waals surface area contributed by atoms with Gasteiger partial charge in [0, 0.05) is 18.7 Å². The van der Waals surface area contributed by atoms with E-state index in [4.69, 9.17) is 0 Å². The molecule has 2 N–H and O–H groups in total. The van der Waals surface area contributed by atoms with Crippen LogP contribution in [-0.4, -0.2) is 24.9 Å². The molecule has 0 aliphatic heterocycles. The van der Waals surface area contributed by atoms with Crippen molar-refractivity contribution in [3.63, 3.8) is 0 Å². The molecule has 22 heavy (non-hydrogen) atoms. The Hall–Kier alpha value is -2.69. The number of hydrogen-bond acceptors (Lipinski definition) is 2. The number of benzene rings is 2. The van der Waals surface area contributed by atoms with Crippen molar-refractivity contribution in [1.29, 1.82) is 0 Å². The number of halogens is 1. The number of rotatable bonds is 6. The van der Waals surface area contributed by atoms with E-state index in [1.807, 2.05) is 6.07 Å². The lowest BCUT2D eigenvalue weighted by Crippen LogP contribution is -2.35. The lowest BCUT2D eigenvalue weighted by atomic mass is 10.1. The Morgan fingerprint density at radius 2 is 1.50 bits per heavy atom. The van der Waals surface area contributed by atoms with Crippen LogP contribution >= 0.6 is 0 Å². The van der Waals surface area contributed by atoms with Crippen molar-refractivity contribution in [3.05, 3.63) is 71.5 Å². The molecule has 0 aliphatic carbocycles. The van der Waals surface area contributed by atoms with Crippen molar-refractivity contribution in [1.82, 2.24) is 10.6 Å². The summed E-state index contributed by atoms with van der Waals surface area (Å²) in [5, 5.41) is 5.43. The summed E-state index contributed by atoms with van der Waals surface area (Å²) in [6.07, 6.45) is 0.187. The average Bonchev–Trinajstić information content (AvgIpc) is 2.54. The lowest BCUT2D eigenvalue weighted by molar-refractivity contribution is -0.120. The maximum atomic E-state index is 12.7. The predicted octanol–water partition coefficient (Wildman–Crippen LogP) is 1.91. The normalized spacial score (nSPS) is 10.0. The van der Waals surface area contributed by atoms with E-state index in [0.29, 0.717) is 18.7 Å². The van der Waals surface area contributed by atoms with Gasteiger partial charge in [-0.1, -0.05) is 30.3 Å². The van der Waals surface area contributed by atoms with Crippen molar-refractivity contribution < 1.29 is 14.0 Å². The summed E-state index contributed by atoms with van der Waals surface area (Å²) < 4.78 is 12.7. The van der Waals surface area contributed by atoms with Crippen molar-refractivity contribution in [2.75, 3.05) is 13.1 Å². The first kappa shape index (κ1) is 15.7. The van der Waals surface area contributed by atoms with Gasteiger partial charge in [-0.15, -0.1) is 0 Å². The minimum atomic E-state index is -0.326. The third kappa shape index (κ3) is 5.01. The summed E-state index contributed by atoms with van der Waals surface area (Å²) in [4.78, 5) is 23.4. The largest absolute Gasteiger partial charge is 0.354 e. The first-order valence-electron chi connectivity index (χ1n) is 6.99. The molecule has 114 valence electrons. The van der Waals surface area contributed by atoms with Crippen LogP contribution in [0.1, 0.15) is 15.9 Å². The number of carbonyl (C=O) groups is 2. The molecule has 0 aromatic heterocycles. The second kappa shape index (κ2) is 7.93. The number of nitrogens with one attached hydrogen (secondary N) is 2. The topological polar surface area (TPSA) is 58.2 Å². The van der Waals surface area contributed by atoms with Crippen molar-refractivity contribution in [2.45, 2.75) is 6.42 Å². The van der Waals surface area contributed by atoms with Gasteiger partial charge in [0.2, 0.25) is 5.91 Å². The van der Waals surface area contributed by atoms with E-state index in [-0.39, 0.29) is 24.1 Å². The molecule has 2 aromatic rings. The standard InChI is InChI=1S/C17H17FN2O2/c18-15-8-6-13(7-9-15)12-16(21)19-10-11-20-17(22)14-4-2-1-3-5-14/h1-9H,10-12H2,(H,19,21)(H,20,22). The summed E-state index contributed by atoms with van der Waals surface area (Å²) in [7, 11) is 0. The fourth-order valence-corrected chi connectivity index (χ4v) is 1.92. The Kier molecular flexibility index (Phi) is 5.65. The molecule has 0 bridgehead atoms. The van der Waals surface area contributed by atoms with Crippen LogP contribution in [0.15, 0.2) is 54.6 Å². The second-order valence-electron chi connectivity index (χ2n) is 4.78. The van der Waals surface area contributed by atoms with Gasteiger partial charge < -0.3 is 10.6 Å². The van der Waals surface area contributed by atoms with Crippen LogP contribution in [0.4, 0.5) is 4.39 Å². The van der Waals surface area contributed by atoms with Gasteiger partial charge in [0.1, 0.15) is 5.82 Å². The summed E-state index contributed by atoms with van der Waals surface area (Å²) in [6.45, 7) is 0.696. The summed E-state index contributed by atoms with van der Waals surface area (Å²) in [5.41, 5.74) is 1.33. The highest BCUT2D eigenvalue weighted by Gasteiger charge is 2.05. The maximum Gasteiger partial charge on any atom is 0.251 e. The molecule has 0 radical (unpaired) electrons. The van der Waals surface area contributed by atoms with Gasteiger partial charge >= 0.3 is 0 Å². The van der Waals surface area contributed by atoms with Gasteiger partial charge in [0.15, 0.2) is 0 Å². The molecule has 0 saturated carbocycles. The highest BCUT2D eigenvalue weighted by Crippen LogP contribution is 2.03. The Bertz CT molecular complexity index is 627. The predicted molar refractivity (Wildman–Crippen MR) is 81.9 cm³/mol. The molecular formula is C17H17FN2O2. The molecule has 0 heterocycles. The smallest absolute Gasteiger partial charge is 0.251 e. The minimum absolute atomic E-state index is 0.166. The molecule has 5 heteroatoms. The minimum Gasteiger partial charge on any atom is -0.354 e. The SMILES string of the molecule is O=C(Cc1ccc(F)cc1)NCCNC(=O)c1ccccc1. The molecule has 0 saturated heterocycles. The van der Waals surface area contributed by atoms with Crippen LogP contribution in [0, 0.1) is 5.82 Å². The highest BCUT2D eigenvalue weighted by atomic mass is 19.1. The second-order valence-corrected chi connectivity index (χ2v) is 4.78. The van der Waals surface area contributed by atoms with Crippen molar-refractivity contribution in [2.24, 2.45) is 0 Å². The van der Waals surface area contributed by atoms with E-state index in [1.165, 1.54) is 12.1 Å². The maximum absolute atomic E-state index is 12.7. The molecule has 4 nitrogen and oxygen atoms in total. The Morgan fingerprint density at radius 3 is 2.18 bits per heavy atom. The Balaban J connectivity index is 1.67. The van der Waals surface area contributed by atoms with Crippen LogP contribution in [0.3, 0.4) is 0 Å². The summed E-state index contributed by atoms with van der Waals surface area (Å²) in [5.74, 6) is -0.665. The molecule has 0 atom stereocenters. The van der Waals surface area contributed by atoms with Crippen molar-refractivity contribution in [3.8, 4) is 0 Å². The average molecular weight is 300 g/mol. The number of hydrogen-bond donors (Lipinski definition) is 2. The zero-order valence-corrected chi connectivity index (χ0v) is 12.0. The highest BCUT2D eigenvalue weighted by molar-refractivity contribution is 5.94. The van der Waals surface area contributed by atoms with Crippen LogP contribution in [0.2, 0.25) is 0 Å². The molecule has 2 amide bonds. The molecule has 0 aliphatic rings. The van der Waals surface area contributed by atoms with Crippen molar-refractivity contribution >= 4 is 11.8 Å². The van der Waals surface area contributed by atoms with Gasteiger partial charge in [-0.25, -0.2) is 4.39 Å². The first-order chi connectivity index (χ1) is 10.6. The van der Waals surface area contributed by atoms with Crippen LogP contribution in [0.25, 0.3) is 0 Å². The van der Waals surface area contributed by atoms with Crippen LogP contribution in [-0.2, 0) is 11.2 Å². The van der Waals surface area contributed by atoms with E-state index in [2.05, 4.69) is 10.6 Å². The number of amides is 2. The van der Waals surface area contributed by atoms with E-state index in [0.717, 1.165) is 5.56 Å². The van der Waals surface area contributed by atoms with Gasteiger partial charge in [-0.2, -0.15) is 0 Å². The van der Waals surface area contributed by atoms with E-state index >= 15 is 0 Å². The molecule has 0 fully saturated rings. The monoisotopic (exact) mass is 300 g/mol. The third-order valence-electron chi connectivity index (χ3n) is 3.05. The Labute approximate surface area is 128 Å². The fourth-order valence-electron chi connectivity index (χ4n) is 1.92. The van der Waals surface area contributed by atoms with Crippen LogP contribution in [0.5, 0.6) is 0 Å². The summed E-state index contributed by atoms with van der Waals surface area (Å²) in [6, 6.07) is 14.7. The van der Waals surface area contributed by atoms with Gasteiger partial charge in [-0.3, -0.25) is 9.59 Å².